The van der Waals surface area contributed by atoms with Crippen LogP contribution in [0.1, 0.15) is 26.7 Å². The molecule has 1 aliphatic heterocycles. The highest BCUT2D eigenvalue weighted by molar-refractivity contribution is 5.95. The number of hydrogen-bond donors (Lipinski definition) is 1. The first kappa shape index (κ1) is 9.66. The summed E-state index contributed by atoms with van der Waals surface area (Å²) in [6.07, 6.45) is 4.33. The normalized spacial score (nSPS) is 15.8. The van der Waals surface area contributed by atoms with Gasteiger partial charge in [-0.1, -0.05) is 18.9 Å². The lowest BCUT2D eigenvalue weighted by Crippen LogP contribution is -3.00. The van der Waals surface area contributed by atoms with Gasteiger partial charge in [0.1, 0.15) is 11.4 Å². The Kier molecular flexibility index (Phi) is 4.32. The smallest absolute Gasteiger partial charge is 0.133 e. The fourth-order valence-corrected chi connectivity index (χ4v) is 0.841. The summed E-state index contributed by atoms with van der Waals surface area (Å²) in [5.74, 6) is 0. The van der Waals surface area contributed by atoms with Crippen LogP contribution in [0, 0.1) is 0 Å². The van der Waals surface area contributed by atoms with Gasteiger partial charge in [0.05, 0.1) is 0 Å². The summed E-state index contributed by atoms with van der Waals surface area (Å²) in [4.78, 5) is 0. The lowest BCUT2D eigenvalue weighted by molar-refractivity contribution is -0.610. The molecule has 2 nitrogen and oxygen atoms in total. The minimum atomic E-state index is 0. The predicted molar refractivity (Wildman–Crippen MR) is 38.0 cm³/mol. The Balaban J connectivity index is 0.000000810. The number of nitrogens with two attached hydrogens (primary N) is 1. The molecule has 0 saturated heterocycles. The van der Waals surface area contributed by atoms with E-state index in [9.17, 15) is 0 Å². The van der Waals surface area contributed by atoms with Crippen LogP contribution in [0.25, 0.3) is 0 Å². The molecule has 3 heteroatoms. The maximum absolute atomic E-state index is 4.21. The van der Waals surface area contributed by atoms with E-state index in [4.69, 9.17) is 0 Å². The van der Waals surface area contributed by atoms with Crippen molar-refractivity contribution in [2.45, 2.75) is 26.7 Å². The lowest BCUT2D eigenvalue weighted by Gasteiger charge is -1.84. The Labute approximate surface area is 67.8 Å². The quantitative estimate of drug-likeness (QED) is 0.438. The van der Waals surface area contributed by atoms with Crippen LogP contribution >= 0.6 is 0 Å². The fraction of sp³-hybridized carbons (Fsp3) is 0.571. The molecule has 0 aromatic rings. The fourth-order valence-electron chi connectivity index (χ4n) is 0.841. The molecular weight excluding hydrogens is 148 g/mol. The second-order valence-electron chi connectivity index (χ2n) is 2.18. The molecule has 0 fully saturated rings. The number of nitrogens with zero attached hydrogens (tertiary/aromatic N) is 1. The molecule has 0 aromatic carbocycles. The molecule has 10 heavy (non-hydrogen) atoms. The maximum Gasteiger partial charge on any atom is 0.133 e. The maximum atomic E-state index is 4.21. The van der Waals surface area contributed by atoms with Crippen LogP contribution in [0.4, 0.5) is 0 Å². The Morgan fingerprint density at radius 2 is 2.10 bits per heavy atom. The summed E-state index contributed by atoms with van der Waals surface area (Å²) in [6, 6.07) is 0. The molecule has 0 spiro atoms. The van der Waals surface area contributed by atoms with Gasteiger partial charge in [-0.3, -0.25) is 0 Å². The first-order chi connectivity index (χ1) is 4.36. The molecule has 1 aliphatic rings. The van der Waals surface area contributed by atoms with E-state index in [2.05, 4.69) is 25.0 Å². The van der Waals surface area contributed by atoms with E-state index in [0.717, 1.165) is 12.8 Å². The van der Waals surface area contributed by atoms with E-state index in [1.165, 1.54) is 11.4 Å². The third-order valence-corrected chi connectivity index (χ3v) is 1.52. The van der Waals surface area contributed by atoms with Crippen molar-refractivity contribution in [1.29, 1.82) is 0 Å². The Morgan fingerprint density at radius 3 is 2.40 bits per heavy atom. The predicted octanol–water partition coefficient (Wildman–Crippen LogP) is -2.37. The number of rotatable bonds is 2. The Bertz CT molecular complexity index is 161. The third kappa shape index (κ3) is 2.12. The van der Waals surface area contributed by atoms with Crippen molar-refractivity contribution in [3.05, 3.63) is 11.8 Å². The summed E-state index contributed by atoms with van der Waals surface area (Å²) in [6.45, 7) is 4.28. The van der Waals surface area contributed by atoms with Crippen molar-refractivity contribution in [1.82, 2.24) is 0 Å². The minimum absolute atomic E-state index is 0. The van der Waals surface area contributed by atoms with Crippen molar-refractivity contribution < 1.29 is 17.8 Å². The Morgan fingerprint density at radius 1 is 1.40 bits per heavy atom. The van der Waals surface area contributed by atoms with Crippen LogP contribution in [0.15, 0.2) is 16.9 Å². The zero-order chi connectivity index (χ0) is 6.69. The molecule has 2 N–H and O–H groups in total. The van der Waals surface area contributed by atoms with E-state index >= 15 is 0 Å². The van der Waals surface area contributed by atoms with Crippen LogP contribution in [0.5, 0.6) is 0 Å². The first-order valence-electron chi connectivity index (χ1n) is 3.47. The molecule has 1 heterocycles. The van der Waals surface area contributed by atoms with Gasteiger partial charge < -0.3 is 12.4 Å². The molecule has 0 bridgehead atoms. The van der Waals surface area contributed by atoms with Gasteiger partial charge in [-0.25, -0.2) is 0 Å². The van der Waals surface area contributed by atoms with E-state index < -0.39 is 0 Å². The molecule has 0 radical (unpaired) electrons. The van der Waals surface area contributed by atoms with E-state index in [-0.39, 0.29) is 12.4 Å². The zero-order valence-electron chi connectivity index (χ0n) is 6.39. The topological polar surface area (TPSA) is 29.0 Å². The van der Waals surface area contributed by atoms with Gasteiger partial charge in [0.2, 0.25) is 0 Å². The average Bonchev–Trinajstić information content (AvgIpc) is 2.34. The molecular formula is C7H13ClN2. The van der Waals surface area contributed by atoms with E-state index in [1.54, 1.807) is 0 Å². The van der Waals surface area contributed by atoms with Gasteiger partial charge in [-0.05, 0) is 6.42 Å². The Hall–Kier alpha value is -0.340. The summed E-state index contributed by atoms with van der Waals surface area (Å²) >= 11 is 0. The molecule has 0 unspecified atom stereocenters. The number of halogens is 1. The van der Waals surface area contributed by atoms with E-state index in [1.807, 2.05) is 5.43 Å². The highest BCUT2D eigenvalue weighted by atomic mass is 35.5. The average molecular weight is 161 g/mol. The molecule has 0 aromatic heterocycles. The second-order valence-corrected chi connectivity index (χ2v) is 2.18. The summed E-state index contributed by atoms with van der Waals surface area (Å²) in [5.41, 5.74) is 4.53. The lowest BCUT2D eigenvalue weighted by atomic mass is 10.2. The second kappa shape index (κ2) is 4.47. The van der Waals surface area contributed by atoms with Gasteiger partial charge in [-0.15, -0.1) is 0 Å². The van der Waals surface area contributed by atoms with Crippen molar-refractivity contribution in [2.24, 2.45) is 5.10 Å². The van der Waals surface area contributed by atoms with Crippen LogP contribution in [0.2, 0.25) is 0 Å². The summed E-state index contributed by atoms with van der Waals surface area (Å²) in [7, 11) is 0. The molecule has 1 rings (SSSR count). The number of hydrogen-bond acceptors (Lipinski definition) is 1. The SMILES string of the molecule is CCC1=CC(CC)=N[NH2+]1.[Cl-]. The number of quaternary nitrogens is 1. The highest BCUT2D eigenvalue weighted by Crippen LogP contribution is 1.97. The first-order valence-corrected chi connectivity index (χ1v) is 3.47. The van der Waals surface area contributed by atoms with Crippen molar-refractivity contribution in [3.63, 3.8) is 0 Å². The molecule has 0 aliphatic carbocycles. The van der Waals surface area contributed by atoms with Gasteiger partial charge in [0, 0.05) is 12.5 Å². The van der Waals surface area contributed by atoms with Crippen molar-refractivity contribution in [2.75, 3.05) is 0 Å². The monoisotopic (exact) mass is 160 g/mol. The van der Waals surface area contributed by atoms with Crippen LogP contribution in [0.3, 0.4) is 0 Å². The largest absolute Gasteiger partial charge is 1.00 e. The van der Waals surface area contributed by atoms with E-state index in [0.29, 0.717) is 0 Å². The highest BCUT2D eigenvalue weighted by Gasteiger charge is 2.07. The molecule has 58 valence electrons. The van der Waals surface area contributed by atoms with Gasteiger partial charge in [0.25, 0.3) is 0 Å². The molecule has 0 saturated carbocycles. The van der Waals surface area contributed by atoms with Gasteiger partial charge in [-0.2, -0.15) is 5.43 Å². The number of allylic oxidation sites excluding steroid dienone is 2. The molecule has 0 atom stereocenters. The van der Waals surface area contributed by atoms with Crippen molar-refractivity contribution in [3.8, 4) is 0 Å². The summed E-state index contributed by atoms with van der Waals surface area (Å²) in [5, 5.41) is 4.21. The van der Waals surface area contributed by atoms with Crippen molar-refractivity contribution >= 4 is 5.71 Å². The summed E-state index contributed by atoms with van der Waals surface area (Å²) < 4.78 is 0. The minimum Gasteiger partial charge on any atom is -1.00 e. The zero-order valence-corrected chi connectivity index (χ0v) is 7.15. The van der Waals surface area contributed by atoms with Gasteiger partial charge in [0.15, 0.2) is 0 Å². The van der Waals surface area contributed by atoms with Gasteiger partial charge >= 0.3 is 0 Å². The standard InChI is InChI=1S/C7H12N2.ClH/c1-3-6-5-7(4-2)9-8-6;/h5H,3-4H2,1-2H3,(H,8,9);1H. The molecule has 0 amide bonds. The van der Waals surface area contributed by atoms with Crippen LogP contribution in [-0.4, -0.2) is 5.71 Å². The third-order valence-electron chi connectivity index (χ3n) is 1.52. The van der Waals surface area contributed by atoms with Crippen LogP contribution < -0.4 is 17.8 Å². The van der Waals surface area contributed by atoms with Crippen LogP contribution in [-0.2, 0) is 0 Å².